The molecule has 0 aliphatic heterocycles. The highest BCUT2D eigenvalue weighted by Gasteiger charge is 2.47. The second kappa shape index (κ2) is 4.54. The number of carboxylic acid groups (broad SMARTS) is 1. The average Bonchev–Trinajstić information content (AvgIpc) is 2.91. The molecule has 3 unspecified atom stereocenters. The second-order valence-corrected chi connectivity index (χ2v) is 5.54. The summed E-state index contributed by atoms with van der Waals surface area (Å²) in [6.45, 7) is 8.47. The minimum Gasteiger partial charge on any atom is -0.481 e. The molecule has 0 amide bonds. The summed E-state index contributed by atoms with van der Waals surface area (Å²) in [5.74, 6) is 0.0374. The van der Waals surface area contributed by atoms with Crippen molar-refractivity contribution >= 4 is 5.97 Å². The summed E-state index contributed by atoms with van der Waals surface area (Å²) in [5, 5.41) is 9.06. The van der Waals surface area contributed by atoms with Crippen LogP contribution in [0.3, 0.4) is 0 Å². The van der Waals surface area contributed by atoms with Crippen molar-refractivity contribution in [1.82, 2.24) is 0 Å². The number of carbonyl (C=O) groups is 1. The Bertz CT molecular complexity index is 231. The fourth-order valence-corrected chi connectivity index (χ4v) is 2.70. The zero-order chi connectivity index (χ0) is 11.6. The highest BCUT2D eigenvalue weighted by Crippen LogP contribution is 2.56. The van der Waals surface area contributed by atoms with Crippen molar-refractivity contribution < 1.29 is 9.90 Å². The number of carboxylic acids is 1. The van der Waals surface area contributed by atoms with Crippen LogP contribution in [-0.2, 0) is 4.79 Å². The van der Waals surface area contributed by atoms with Gasteiger partial charge in [0.05, 0.1) is 5.92 Å². The molecule has 2 nitrogen and oxygen atoms in total. The molecule has 1 N–H and O–H groups in total. The van der Waals surface area contributed by atoms with E-state index in [1.165, 1.54) is 19.3 Å². The van der Waals surface area contributed by atoms with Gasteiger partial charge in [0.2, 0.25) is 0 Å². The van der Waals surface area contributed by atoms with Crippen LogP contribution >= 0.6 is 0 Å². The van der Waals surface area contributed by atoms with Crippen LogP contribution < -0.4 is 0 Å². The summed E-state index contributed by atoms with van der Waals surface area (Å²) in [6.07, 6.45) is 4.91. The van der Waals surface area contributed by atoms with Crippen molar-refractivity contribution in [3.63, 3.8) is 0 Å². The zero-order valence-corrected chi connectivity index (χ0v) is 10.4. The average molecular weight is 212 g/mol. The lowest BCUT2D eigenvalue weighted by Crippen LogP contribution is -2.29. The quantitative estimate of drug-likeness (QED) is 0.731. The highest BCUT2D eigenvalue weighted by molar-refractivity contribution is 5.69. The Kier molecular flexibility index (Phi) is 3.80. The van der Waals surface area contributed by atoms with Crippen LogP contribution in [0.1, 0.15) is 53.4 Å². The first-order valence-corrected chi connectivity index (χ1v) is 6.15. The fourth-order valence-electron chi connectivity index (χ4n) is 2.70. The predicted molar refractivity (Wildman–Crippen MR) is 61.7 cm³/mol. The minimum atomic E-state index is -0.646. The monoisotopic (exact) mass is 212 g/mol. The van der Waals surface area contributed by atoms with Crippen molar-refractivity contribution in [3.05, 3.63) is 0 Å². The molecule has 0 radical (unpaired) electrons. The Morgan fingerprint density at radius 2 is 1.93 bits per heavy atom. The number of hydrogen-bond acceptors (Lipinski definition) is 1. The number of aliphatic carboxylic acids is 1. The molecule has 0 aromatic rings. The van der Waals surface area contributed by atoms with Gasteiger partial charge in [-0.15, -0.1) is 0 Å². The van der Waals surface area contributed by atoms with Crippen LogP contribution in [-0.4, -0.2) is 11.1 Å². The largest absolute Gasteiger partial charge is 0.481 e. The summed E-state index contributed by atoms with van der Waals surface area (Å²) in [4.78, 5) is 11.0. The van der Waals surface area contributed by atoms with E-state index in [-0.39, 0.29) is 5.92 Å². The summed E-state index contributed by atoms with van der Waals surface area (Å²) in [7, 11) is 0. The molecule has 88 valence electrons. The number of rotatable bonds is 6. The van der Waals surface area contributed by atoms with Crippen LogP contribution in [0.4, 0.5) is 0 Å². The molecule has 0 saturated heterocycles. The van der Waals surface area contributed by atoms with Crippen molar-refractivity contribution in [1.29, 1.82) is 0 Å². The molecule has 1 aliphatic rings. The summed E-state index contributed by atoms with van der Waals surface area (Å²) in [5.41, 5.74) is 0.444. The Hall–Kier alpha value is -0.530. The molecule has 2 heteroatoms. The van der Waals surface area contributed by atoms with Crippen LogP contribution in [0, 0.1) is 23.2 Å². The number of hydrogen-bond donors (Lipinski definition) is 1. The summed E-state index contributed by atoms with van der Waals surface area (Å²) >= 11 is 0. The van der Waals surface area contributed by atoms with Gasteiger partial charge in [-0.25, -0.2) is 0 Å². The molecular formula is C13H24O2. The normalized spacial score (nSPS) is 24.3. The Balaban J connectivity index is 2.67. The first kappa shape index (κ1) is 12.5. The van der Waals surface area contributed by atoms with Gasteiger partial charge in [-0.05, 0) is 36.5 Å². The molecule has 0 heterocycles. The summed E-state index contributed by atoms with van der Waals surface area (Å²) in [6, 6.07) is 0. The third-order valence-electron chi connectivity index (χ3n) is 4.35. The SMILES string of the molecule is CCCC(C(C)C(C)C(=O)O)C1(C)CC1. The highest BCUT2D eigenvalue weighted by atomic mass is 16.4. The first-order chi connectivity index (χ1) is 6.92. The van der Waals surface area contributed by atoms with Crippen molar-refractivity contribution in [3.8, 4) is 0 Å². The smallest absolute Gasteiger partial charge is 0.306 e. The standard InChI is InChI=1S/C13H24O2/c1-5-6-11(13(4)7-8-13)9(2)10(3)12(14)15/h9-11H,5-8H2,1-4H3,(H,14,15). The van der Waals surface area contributed by atoms with E-state index in [2.05, 4.69) is 20.8 Å². The van der Waals surface area contributed by atoms with Gasteiger partial charge in [0.25, 0.3) is 0 Å². The van der Waals surface area contributed by atoms with Gasteiger partial charge < -0.3 is 5.11 Å². The van der Waals surface area contributed by atoms with Crippen molar-refractivity contribution in [2.75, 3.05) is 0 Å². The molecule has 0 bridgehead atoms. The molecule has 1 rings (SSSR count). The molecule has 3 atom stereocenters. The molecule has 1 saturated carbocycles. The van der Waals surface area contributed by atoms with Crippen LogP contribution in [0.25, 0.3) is 0 Å². The lowest BCUT2D eigenvalue weighted by Gasteiger charge is -2.32. The van der Waals surface area contributed by atoms with Crippen LogP contribution in [0.5, 0.6) is 0 Å². The lowest BCUT2D eigenvalue weighted by molar-refractivity contribution is -0.143. The maximum Gasteiger partial charge on any atom is 0.306 e. The topological polar surface area (TPSA) is 37.3 Å². The van der Waals surface area contributed by atoms with Crippen molar-refractivity contribution in [2.24, 2.45) is 23.2 Å². The molecule has 1 aliphatic carbocycles. The van der Waals surface area contributed by atoms with E-state index in [4.69, 9.17) is 5.11 Å². The van der Waals surface area contributed by atoms with E-state index >= 15 is 0 Å². The second-order valence-electron chi connectivity index (χ2n) is 5.54. The molecule has 0 aromatic heterocycles. The molecule has 15 heavy (non-hydrogen) atoms. The molecule has 1 fully saturated rings. The van der Waals surface area contributed by atoms with E-state index in [9.17, 15) is 4.79 Å². The van der Waals surface area contributed by atoms with Gasteiger partial charge in [0.15, 0.2) is 0 Å². The van der Waals surface area contributed by atoms with Gasteiger partial charge in [-0.2, -0.15) is 0 Å². The molecular weight excluding hydrogens is 188 g/mol. The Morgan fingerprint density at radius 3 is 2.27 bits per heavy atom. The first-order valence-electron chi connectivity index (χ1n) is 6.15. The lowest BCUT2D eigenvalue weighted by atomic mass is 9.73. The molecule has 0 spiro atoms. The van der Waals surface area contributed by atoms with Crippen molar-refractivity contribution in [2.45, 2.75) is 53.4 Å². The van der Waals surface area contributed by atoms with Gasteiger partial charge in [0.1, 0.15) is 0 Å². The molecule has 0 aromatic carbocycles. The van der Waals surface area contributed by atoms with Crippen LogP contribution in [0.2, 0.25) is 0 Å². The maximum absolute atomic E-state index is 11.0. The van der Waals surface area contributed by atoms with E-state index in [1.807, 2.05) is 6.92 Å². The predicted octanol–water partition coefficient (Wildman–Crippen LogP) is 3.56. The van der Waals surface area contributed by atoms with E-state index < -0.39 is 5.97 Å². The van der Waals surface area contributed by atoms with E-state index in [1.54, 1.807) is 0 Å². The van der Waals surface area contributed by atoms with E-state index in [0.717, 1.165) is 6.42 Å². The van der Waals surface area contributed by atoms with Gasteiger partial charge >= 0.3 is 5.97 Å². The fraction of sp³-hybridized carbons (Fsp3) is 0.923. The third-order valence-corrected chi connectivity index (χ3v) is 4.35. The Morgan fingerprint density at radius 1 is 1.40 bits per heavy atom. The third kappa shape index (κ3) is 2.73. The zero-order valence-electron chi connectivity index (χ0n) is 10.4. The minimum absolute atomic E-state index is 0.209. The summed E-state index contributed by atoms with van der Waals surface area (Å²) < 4.78 is 0. The van der Waals surface area contributed by atoms with Gasteiger partial charge in [-0.1, -0.05) is 34.1 Å². The maximum atomic E-state index is 11.0. The van der Waals surface area contributed by atoms with Crippen LogP contribution in [0.15, 0.2) is 0 Å². The van der Waals surface area contributed by atoms with Gasteiger partial charge in [-0.3, -0.25) is 4.79 Å². The van der Waals surface area contributed by atoms with Gasteiger partial charge in [0, 0.05) is 0 Å². The Labute approximate surface area is 93.1 Å². The van der Waals surface area contributed by atoms with E-state index in [0.29, 0.717) is 17.3 Å².